The summed E-state index contributed by atoms with van der Waals surface area (Å²) in [6.45, 7) is 10.5. The van der Waals surface area contributed by atoms with Crippen LogP contribution in [-0.4, -0.2) is 43.0 Å². The molecule has 4 nitrogen and oxygen atoms in total. The van der Waals surface area contributed by atoms with Crippen LogP contribution in [0.15, 0.2) is 0 Å². The van der Waals surface area contributed by atoms with Crippen LogP contribution >= 0.6 is 0 Å². The van der Waals surface area contributed by atoms with E-state index in [9.17, 15) is 4.79 Å². The van der Waals surface area contributed by atoms with Gasteiger partial charge in [0.15, 0.2) is 0 Å². The summed E-state index contributed by atoms with van der Waals surface area (Å²) < 4.78 is 0. The summed E-state index contributed by atoms with van der Waals surface area (Å²) in [5.74, 6) is -0.226. The Hall–Kier alpha value is -0.610. The summed E-state index contributed by atoms with van der Waals surface area (Å²) >= 11 is 0. The molecule has 1 fully saturated rings. The lowest BCUT2D eigenvalue weighted by Gasteiger charge is -2.41. The van der Waals surface area contributed by atoms with Crippen molar-refractivity contribution in [1.29, 1.82) is 0 Å². The van der Waals surface area contributed by atoms with Crippen molar-refractivity contribution in [3.8, 4) is 0 Å². The number of primary amides is 1. The molecular formula is C15H31N3O. The Morgan fingerprint density at radius 3 is 2.26 bits per heavy atom. The number of nitrogens with one attached hydrogen (secondary N) is 1. The molecule has 1 rings (SSSR count). The van der Waals surface area contributed by atoms with Crippen molar-refractivity contribution in [2.45, 2.75) is 58.9 Å². The molecule has 0 aromatic rings. The monoisotopic (exact) mass is 269 g/mol. The number of hydrogen-bond acceptors (Lipinski definition) is 3. The van der Waals surface area contributed by atoms with Crippen LogP contribution in [0.1, 0.15) is 52.9 Å². The van der Waals surface area contributed by atoms with E-state index in [1.807, 2.05) is 0 Å². The first kappa shape index (κ1) is 16.4. The van der Waals surface area contributed by atoms with Crippen molar-refractivity contribution >= 4 is 5.91 Å². The van der Waals surface area contributed by atoms with E-state index < -0.39 is 0 Å². The Bertz CT molecular complexity index is 267. The Morgan fingerprint density at radius 1 is 1.26 bits per heavy atom. The highest BCUT2D eigenvalue weighted by Crippen LogP contribution is 2.37. The van der Waals surface area contributed by atoms with E-state index in [0.29, 0.717) is 5.41 Å². The Balaban J connectivity index is 2.44. The topological polar surface area (TPSA) is 58.4 Å². The van der Waals surface area contributed by atoms with Gasteiger partial charge in [0.2, 0.25) is 5.91 Å². The zero-order chi connectivity index (χ0) is 14.3. The summed E-state index contributed by atoms with van der Waals surface area (Å²) in [4.78, 5) is 13.8. The molecule has 0 aliphatic carbocycles. The minimum Gasteiger partial charge on any atom is -0.368 e. The van der Waals surface area contributed by atoms with Gasteiger partial charge in [-0.05, 0) is 44.3 Å². The maximum atomic E-state index is 11.5. The number of carbonyl (C=O) groups is 1. The van der Waals surface area contributed by atoms with Crippen LogP contribution in [0.5, 0.6) is 0 Å². The number of hydrogen-bond donors (Lipinski definition) is 2. The lowest BCUT2D eigenvalue weighted by Crippen LogP contribution is -2.51. The second kappa shape index (κ2) is 7.85. The first-order valence-electron chi connectivity index (χ1n) is 7.82. The molecule has 0 saturated carbocycles. The van der Waals surface area contributed by atoms with Gasteiger partial charge >= 0.3 is 0 Å². The third kappa shape index (κ3) is 4.77. The number of rotatable bonds is 8. The Kier molecular flexibility index (Phi) is 6.80. The smallest absolute Gasteiger partial charge is 0.235 e. The normalized spacial score (nSPS) is 21.2. The molecule has 0 spiro atoms. The molecular weight excluding hydrogens is 238 g/mol. The molecule has 4 heteroatoms. The van der Waals surface area contributed by atoms with Crippen LogP contribution in [0.2, 0.25) is 0 Å². The highest BCUT2D eigenvalue weighted by Gasteiger charge is 2.32. The van der Waals surface area contributed by atoms with Crippen molar-refractivity contribution < 1.29 is 4.79 Å². The number of amides is 1. The highest BCUT2D eigenvalue weighted by atomic mass is 16.1. The fraction of sp³-hybridized carbons (Fsp3) is 0.933. The Labute approximate surface area is 118 Å². The van der Waals surface area contributed by atoms with Crippen molar-refractivity contribution in [2.75, 3.05) is 26.2 Å². The second-order valence-corrected chi connectivity index (χ2v) is 5.92. The molecule has 1 aliphatic heterocycles. The van der Waals surface area contributed by atoms with Gasteiger partial charge in [0.1, 0.15) is 0 Å². The molecule has 0 bridgehead atoms. The maximum absolute atomic E-state index is 11.5. The molecule has 0 aromatic carbocycles. The fourth-order valence-electron chi connectivity index (χ4n) is 3.00. The zero-order valence-corrected chi connectivity index (χ0v) is 12.9. The van der Waals surface area contributed by atoms with Crippen molar-refractivity contribution in [3.63, 3.8) is 0 Å². The van der Waals surface area contributed by atoms with Gasteiger partial charge in [-0.2, -0.15) is 0 Å². The first-order chi connectivity index (χ1) is 9.06. The van der Waals surface area contributed by atoms with E-state index in [1.54, 1.807) is 0 Å². The van der Waals surface area contributed by atoms with Gasteiger partial charge < -0.3 is 16.0 Å². The maximum Gasteiger partial charge on any atom is 0.235 e. The third-order valence-corrected chi connectivity index (χ3v) is 4.84. The second-order valence-electron chi connectivity index (χ2n) is 5.92. The third-order valence-electron chi connectivity index (χ3n) is 4.84. The van der Waals surface area contributed by atoms with E-state index in [1.165, 1.54) is 25.7 Å². The molecule has 1 heterocycles. The minimum absolute atomic E-state index is 0.198. The lowest BCUT2D eigenvalue weighted by atomic mass is 9.74. The zero-order valence-electron chi connectivity index (χ0n) is 12.9. The Morgan fingerprint density at radius 2 is 1.84 bits per heavy atom. The lowest BCUT2D eigenvalue weighted by molar-refractivity contribution is -0.120. The van der Waals surface area contributed by atoms with E-state index in [4.69, 9.17) is 5.73 Å². The molecule has 19 heavy (non-hydrogen) atoms. The van der Waals surface area contributed by atoms with E-state index in [2.05, 4.69) is 31.0 Å². The quantitative estimate of drug-likeness (QED) is 0.706. The van der Waals surface area contributed by atoms with Crippen LogP contribution in [0.3, 0.4) is 0 Å². The van der Waals surface area contributed by atoms with Gasteiger partial charge in [-0.25, -0.2) is 0 Å². The average Bonchev–Trinajstić information content (AvgIpc) is 2.44. The number of carbonyl (C=O) groups excluding carboxylic acids is 1. The molecule has 3 N–H and O–H groups in total. The predicted molar refractivity (Wildman–Crippen MR) is 80.0 cm³/mol. The highest BCUT2D eigenvalue weighted by molar-refractivity contribution is 5.80. The predicted octanol–water partition coefficient (Wildman–Crippen LogP) is 1.74. The van der Waals surface area contributed by atoms with Gasteiger partial charge in [-0.1, -0.05) is 33.6 Å². The first-order valence-corrected chi connectivity index (χ1v) is 7.82. The molecule has 0 aromatic heterocycles. The van der Waals surface area contributed by atoms with Crippen molar-refractivity contribution in [1.82, 2.24) is 10.2 Å². The average molecular weight is 269 g/mol. The van der Waals surface area contributed by atoms with Gasteiger partial charge in [-0.3, -0.25) is 4.79 Å². The summed E-state index contributed by atoms with van der Waals surface area (Å²) in [6, 6.07) is -0.198. The molecule has 1 unspecified atom stereocenters. The molecule has 1 saturated heterocycles. The summed E-state index contributed by atoms with van der Waals surface area (Å²) in [5, 5.41) is 3.25. The van der Waals surface area contributed by atoms with Crippen molar-refractivity contribution in [3.05, 3.63) is 0 Å². The van der Waals surface area contributed by atoms with E-state index in [-0.39, 0.29) is 11.9 Å². The van der Waals surface area contributed by atoms with E-state index >= 15 is 0 Å². The number of nitrogens with two attached hydrogens (primary N) is 1. The molecule has 112 valence electrons. The van der Waals surface area contributed by atoms with Crippen LogP contribution in [-0.2, 0) is 4.79 Å². The van der Waals surface area contributed by atoms with Crippen LogP contribution in [0.4, 0.5) is 0 Å². The van der Waals surface area contributed by atoms with Crippen LogP contribution in [0.25, 0.3) is 0 Å². The van der Waals surface area contributed by atoms with Gasteiger partial charge in [0, 0.05) is 6.54 Å². The largest absolute Gasteiger partial charge is 0.368 e. The molecule has 1 atom stereocenters. The van der Waals surface area contributed by atoms with E-state index in [0.717, 1.165) is 32.6 Å². The minimum atomic E-state index is -0.226. The molecule has 0 radical (unpaired) electrons. The van der Waals surface area contributed by atoms with Crippen molar-refractivity contribution in [2.24, 2.45) is 11.1 Å². The molecule has 1 aliphatic rings. The number of piperidine rings is 1. The van der Waals surface area contributed by atoms with Crippen LogP contribution in [0, 0.1) is 5.41 Å². The van der Waals surface area contributed by atoms with Crippen LogP contribution < -0.4 is 11.1 Å². The summed E-state index contributed by atoms with van der Waals surface area (Å²) in [6.07, 6.45) is 6.06. The SMILES string of the molecule is CCCNC(CN1CCC(CC)(CC)CC1)C(N)=O. The summed E-state index contributed by atoms with van der Waals surface area (Å²) in [5.41, 5.74) is 6.01. The van der Waals surface area contributed by atoms with Gasteiger partial charge in [0.05, 0.1) is 6.04 Å². The van der Waals surface area contributed by atoms with Gasteiger partial charge in [0.25, 0.3) is 0 Å². The fourth-order valence-corrected chi connectivity index (χ4v) is 3.00. The molecule has 1 amide bonds. The standard InChI is InChI=1S/C15H31N3O/c1-4-9-17-13(14(16)19)12-18-10-7-15(5-2,6-3)8-11-18/h13,17H,4-12H2,1-3H3,(H2,16,19). The van der Waals surface area contributed by atoms with Gasteiger partial charge in [-0.15, -0.1) is 0 Å². The number of nitrogens with zero attached hydrogens (tertiary/aromatic N) is 1. The summed E-state index contributed by atoms with van der Waals surface area (Å²) in [7, 11) is 0. The number of likely N-dealkylation sites (tertiary alicyclic amines) is 1.